The van der Waals surface area contributed by atoms with E-state index in [1.54, 1.807) is 13.8 Å². The summed E-state index contributed by atoms with van der Waals surface area (Å²) in [5.74, 6) is -1.54. The molecule has 1 aromatic rings. The molecule has 0 bridgehead atoms. The van der Waals surface area contributed by atoms with E-state index in [2.05, 4.69) is 15.2 Å². The predicted octanol–water partition coefficient (Wildman–Crippen LogP) is 0.975. The molecule has 130 valence electrons. The van der Waals surface area contributed by atoms with Crippen molar-refractivity contribution in [3.05, 3.63) is 35.9 Å². The third-order valence-electron chi connectivity index (χ3n) is 3.74. The lowest BCUT2D eigenvalue weighted by Gasteiger charge is -2.26. The number of hydrogen-bond donors (Lipinski definition) is 2. The normalized spacial score (nSPS) is 18.3. The van der Waals surface area contributed by atoms with Crippen LogP contribution in [0.3, 0.4) is 0 Å². The summed E-state index contributed by atoms with van der Waals surface area (Å²) < 4.78 is 4.66. The van der Waals surface area contributed by atoms with Crippen LogP contribution in [0, 0.1) is 0 Å². The van der Waals surface area contributed by atoms with Gasteiger partial charge in [0.15, 0.2) is 0 Å². The van der Waals surface area contributed by atoms with Crippen LogP contribution in [0.5, 0.6) is 0 Å². The summed E-state index contributed by atoms with van der Waals surface area (Å²) in [5, 5.41) is 16.1. The predicted molar refractivity (Wildman–Crippen MR) is 87.4 cm³/mol. The van der Waals surface area contributed by atoms with Gasteiger partial charge in [-0.05, 0) is 19.4 Å². The molecule has 1 heterocycles. The van der Waals surface area contributed by atoms with Gasteiger partial charge in [-0.2, -0.15) is 0 Å². The molecule has 24 heavy (non-hydrogen) atoms. The second-order valence-electron chi connectivity index (χ2n) is 6.28. The molecule has 7 nitrogen and oxygen atoms in total. The minimum Gasteiger partial charge on any atom is -0.466 e. The molecule has 0 spiro atoms. The Kier molecular flexibility index (Phi) is 5.56. The fourth-order valence-corrected chi connectivity index (χ4v) is 2.41. The fraction of sp³-hybridized carbons (Fsp3) is 0.471. The first-order valence-electron chi connectivity index (χ1n) is 7.66. The summed E-state index contributed by atoms with van der Waals surface area (Å²) in [5.41, 5.74) is 0.408. The van der Waals surface area contributed by atoms with E-state index in [4.69, 9.17) is 4.84 Å². The first kappa shape index (κ1) is 17.9. The Balaban J connectivity index is 2.25. The minimum absolute atomic E-state index is 0.180. The lowest BCUT2D eigenvalue weighted by molar-refractivity contribution is -0.152. The Morgan fingerprint density at radius 2 is 2.08 bits per heavy atom. The largest absolute Gasteiger partial charge is 0.466 e. The van der Waals surface area contributed by atoms with Crippen molar-refractivity contribution in [1.82, 2.24) is 5.32 Å². The van der Waals surface area contributed by atoms with Crippen LogP contribution in [0.2, 0.25) is 0 Å². The summed E-state index contributed by atoms with van der Waals surface area (Å²) in [6.07, 6.45) is -0.658. The molecule has 2 rings (SSSR count). The van der Waals surface area contributed by atoms with Gasteiger partial charge in [-0.1, -0.05) is 35.5 Å². The summed E-state index contributed by atoms with van der Waals surface area (Å²) in [4.78, 5) is 29.5. The number of nitrogens with zero attached hydrogens (tertiary/aromatic N) is 1. The second-order valence-corrected chi connectivity index (χ2v) is 6.28. The van der Waals surface area contributed by atoms with Crippen LogP contribution in [-0.4, -0.2) is 48.1 Å². The fourth-order valence-electron chi connectivity index (χ4n) is 2.41. The van der Waals surface area contributed by atoms with E-state index in [1.807, 2.05) is 30.3 Å². The lowest BCUT2D eigenvalue weighted by atomic mass is 9.89. The van der Waals surface area contributed by atoms with Crippen LogP contribution in [0.25, 0.3) is 0 Å². The quantitative estimate of drug-likeness (QED) is 0.756. The topological polar surface area (TPSA) is 97.2 Å². The average molecular weight is 334 g/mol. The van der Waals surface area contributed by atoms with Gasteiger partial charge in [-0.25, -0.2) is 4.79 Å². The molecule has 0 saturated carbocycles. The number of aliphatic hydroxyl groups is 1. The molecule has 7 heteroatoms. The smallest absolute Gasteiger partial charge is 0.350 e. The van der Waals surface area contributed by atoms with Crippen molar-refractivity contribution in [1.29, 1.82) is 0 Å². The van der Waals surface area contributed by atoms with Crippen molar-refractivity contribution in [2.75, 3.05) is 13.7 Å². The molecular weight excluding hydrogens is 312 g/mol. The zero-order valence-corrected chi connectivity index (χ0v) is 14.0. The van der Waals surface area contributed by atoms with Crippen LogP contribution >= 0.6 is 0 Å². The van der Waals surface area contributed by atoms with Gasteiger partial charge in [0, 0.05) is 6.42 Å². The van der Waals surface area contributed by atoms with Gasteiger partial charge in [-0.3, -0.25) is 4.79 Å². The van der Waals surface area contributed by atoms with E-state index < -0.39 is 23.5 Å². The van der Waals surface area contributed by atoms with Crippen LogP contribution in [-0.2, 0) is 19.2 Å². The number of nitrogens with one attached hydrogen (secondary N) is 1. The Labute approximate surface area is 140 Å². The number of methoxy groups -OCH3 is 1. The summed E-state index contributed by atoms with van der Waals surface area (Å²) in [7, 11) is 1.27. The molecule has 0 radical (unpaired) electrons. The number of aliphatic hydroxyl groups excluding tert-OH is 1. The Morgan fingerprint density at radius 3 is 2.67 bits per heavy atom. The third-order valence-corrected chi connectivity index (χ3v) is 3.74. The van der Waals surface area contributed by atoms with E-state index in [1.165, 1.54) is 7.11 Å². The van der Waals surface area contributed by atoms with Gasteiger partial charge in [-0.15, -0.1) is 0 Å². The Bertz CT molecular complexity index is 627. The molecule has 0 saturated heterocycles. The van der Waals surface area contributed by atoms with E-state index in [9.17, 15) is 14.7 Å². The highest BCUT2D eigenvalue weighted by molar-refractivity contribution is 6.10. The first-order chi connectivity index (χ1) is 11.4. The van der Waals surface area contributed by atoms with Gasteiger partial charge in [0.25, 0.3) is 0 Å². The number of oxime groups is 1. The number of ether oxygens (including phenoxy) is 1. The number of hydrogen-bond acceptors (Lipinski definition) is 6. The van der Waals surface area contributed by atoms with Crippen molar-refractivity contribution in [3.8, 4) is 0 Å². The van der Waals surface area contributed by atoms with Crippen molar-refractivity contribution < 1.29 is 24.3 Å². The van der Waals surface area contributed by atoms with Crippen molar-refractivity contribution in [3.63, 3.8) is 0 Å². The van der Waals surface area contributed by atoms with Gasteiger partial charge in [0.05, 0.1) is 25.0 Å². The zero-order chi connectivity index (χ0) is 17.7. The number of benzene rings is 1. The summed E-state index contributed by atoms with van der Waals surface area (Å²) >= 11 is 0. The number of esters is 1. The monoisotopic (exact) mass is 334 g/mol. The molecular formula is C17H22N2O5. The van der Waals surface area contributed by atoms with E-state index >= 15 is 0 Å². The maximum atomic E-state index is 12.8. The van der Waals surface area contributed by atoms with E-state index in [0.717, 1.165) is 5.56 Å². The van der Waals surface area contributed by atoms with Crippen LogP contribution in [0.15, 0.2) is 35.5 Å². The number of carbonyl (C=O) groups excluding carboxylic acids is 2. The SMILES string of the molecule is COC(=O)C1CC(C(C(=O)NC(C)(C)CO)c2ccccc2)=NO1. The summed E-state index contributed by atoms with van der Waals surface area (Å²) in [6, 6.07) is 9.11. The number of amides is 1. The molecule has 0 aromatic heterocycles. The van der Waals surface area contributed by atoms with Crippen LogP contribution in [0.4, 0.5) is 0 Å². The molecule has 0 fully saturated rings. The van der Waals surface area contributed by atoms with E-state index in [0.29, 0.717) is 5.71 Å². The number of rotatable bonds is 6. The van der Waals surface area contributed by atoms with Crippen molar-refractivity contribution >= 4 is 17.6 Å². The second kappa shape index (κ2) is 7.44. The third kappa shape index (κ3) is 4.11. The van der Waals surface area contributed by atoms with Crippen molar-refractivity contribution in [2.45, 2.75) is 37.8 Å². The zero-order valence-electron chi connectivity index (χ0n) is 14.0. The molecule has 2 unspecified atom stereocenters. The molecule has 1 aliphatic heterocycles. The maximum absolute atomic E-state index is 12.8. The van der Waals surface area contributed by atoms with E-state index in [-0.39, 0.29) is 18.9 Å². The molecule has 1 aromatic carbocycles. The highest BCUT2D eigenvalue weighted by atomic mass is 16.7. The standard InChI is InChI=1S/C17H22N2O5/c1-17(2,10-20)18-15(21)14(11-7-5-4-6-8-11)12-9-13(24-19-12)16(22)23-3/h4-8,13-14,20H,9-10H2,1-3H3,(H,18,21). The van der Waals surface area contributed by atoms with Gasteiger partial charge < -0.3 is 20.0 Å². The highest BCUT2D eigenvalue weighted by Gasteiger charge is 2.37. The first-order valence-corrected chi connectivity index (χ1v) is 7.66. The van der Waals surface area contributed by atoms with Gasteiger partial charge in [0.1, 0.15) is 5.92 Å². The minimum atomic E-state index is -0.838. The van der Waals surface area contributed by atoms with Gasteiger partial charge in [0.2, 0.25) is 12.0 Å². The van der Waals surface area contributed by atoms with Gasteiger partial charge >= 0.3 is 5.97 Å². The van der Waals surface area contributed by atoms with Crippen LogP contribution in [0.1, 0.15) is 31.7 Å². The molecule has 2 N–H and O–H groups in total. The van der Waals surface area contributed by atoms with Crippen molar-refractivity contribution in [2.24, 2.45) is 5.16 Å². The molecule has 0 aliphatic carbocycles. The highest BCUT2D eigenvalue weighted by Crippen LogP contribution is 2.26. The Hall–Kier alpha value is -2.41. The lowest BCUT2D eigenvalue weighted by Crippen LogP contribution is -2.49. The average Bonchev–Trinajstić information content (AvgIpc) is 3.04. The number of carbonyl (C=O) groups is 2. The maximum Gasteiger partial charge on any atom is 0.350 e. The summed E-state index contributed by atoms with van der Waals surface area (Å²) in [6.45, 7) is 3.24. The molecule has 1 amide bonds. The molecule has 1 aliphatic rings. The molecule has 2 atom stereocenters. The Morgan fingerprint density at radius 1 is 1.42 bits per heavy atom. The van der Waals surface area contributed by atoms with Crippen LogP contribution < -0.4 is 5.32 Å².